The molecule has 0 unspecified atom stereocenters. The summed E-state index contributed by atoms with van der Waals surface area (Å²) in [6.07, 6.45) is 0. The summed E-state index contributed by atoms with van der Waals surface area (Å²) in [6.45, 7) is 1.93. The molecular formula is C18H12ClN5. The van der Waals surface area contributed by atoms with Crippen LogP contribution in [0.15, 0.2) is 58.8 Å². The Morgan fingerprint density at radius 2 is 1.83 bits per heavy atom. The molecule has 2 heterocycles. The second-order valence-corrected chi connectivity index (χ2v) is 5.86. The van der Waals surface area contributed by atoms with Crippen LogP contribution in [0.2, 0.25) is 5.02 Å². The zero-order valence-electron chi connectivity index (χ0n) is 12.8. The number of fused-ring (bicyclic) bond motifs is 3. The third-order valence-corrected chi connectivity index (χ3v) is 4.23. The number of imidazole rings is 1. The number of benzene rings is 2. The van der Waals surface area contributed by atoms with Crippen LogP contribution in [0.25, 0.3) is 16.7 Å². The van der Waals surface area contributed by atoms with Gasteiger partial charge in [0.25, 0.3) is 0 Å². The minimum atomic E-state index is 0.487. The van der Waals surface area contributed by atoms with Crippen molar-refractivity contribution in [2.45, 2.75) is 6.92 Å². The second-order valence-electron chi connectivity index (χ2n) is 5.42. The van der Waals surface area contributed by atoms with Gasteiger partial charge in [-0.1, -0.05) is 23.7 Å². The molecule has 24 heavy (non-hydrogen) atoms. The first-order chi connectivity index (χ1) is 11.7. The average Bonchev–Trinajstić information content (AvgIpc) is 3.09. The fraction of sp³-hybridized carbons (Fsp3) is 0.0556. The summed E-state index contributed by atoms with van der Waals surface area (Å²) < 4.78 is 2.00. The lowest BCUT2D eigenvalue weighted by atomic mass is 10.2. The number of para-hydroxylation sites is 2. The molecule has 4 rings (SSSR count). The van der Waals surface area contributed by atoms with Crippen LogP contribution >= 0.6 is 11.6 Å². The number of aryl methyl sites for hydroxylation is 1. The third-order valence-electron chi connectivity index (χ3n) is 3.98. The van der Waals surface area contributed by atoms with E-state index in [1.54, 1.807) is 24.3 Å². The van der Waals surface area contributed by atoms with E-state index in [1.807, 2.05) is 35.6 Å². The molecule has 4 aromatic rings. The van der Waals surface area contributed by atoms with E-state index >= 15 is 0 Å². The normalized spacial score (nSPS) is 11.5. The Kier molecular flexibility index (Phi) is 3.33. The molecule has 116 valence electrons. The van der Waals surface area contributed by atoms with Crippen LogP contribution < -0.4 is 0 Å². The number of aromatic nitrogens is 2. The van der Waals surface area contributed by atoms with Gasteiger partial charge < -0.3 is 4.98 Å². The van der Waals surface area contributed by atoms with Crippen LogP contribution in [0, 0.1) is 18.3 Å². The minimum absolute atomic E-state index is 0.487. The van der Waals surface area contributed by atoms with E-state index in [1.165, 1.54) is 0 Å². The zero-order valence-corrected chi connectivity index (χ0v) is 13.5. The fourth-order valence-corrected chi connectivity index (χ4v) is 2.97. The van der Waals surface area contributed by atoms with Crippen molar-refractivity contribution in [1.82, 2.24) is 9.38 Å². The molecule has 1 N–H and O–H groups in total. The standard InChI is InChI=1S/C18H12ClN5/c1-11-17(23-22-13-8-6-12(19)7-9-13)14(10-20)18-21-15-4-2-3-5-16(15)24(11)18/h2-9,21H,1H3. The molecule has 0 radical (unpaired) electrons. The highest BCUT2D eigenvalue weighted by atomic mass is 35.5. The highest BCUT2D eigenvalue weighted by Gasteiger charge is 2.19. The van der Waals surface area contributed by atoms with Crippen molar-refractivity contribution in [1.29, 1.82) is 5.26 Å². The predicted octanol–water partition coefficient (Wildman–Crippen LogP) is 5.67. The molecule has 0 spiro atoms. The van der Waals surface area contributed by atoms with Gasteiger partial charge in [-0.2, -0.15) is 10.4 Å². The summed E-state index contributed by atoms with van der Waals surface area (Å²) >= 11 is 5.87. The van der Waals surface area contributed by atoms with Crippen LogP contribution in [-0.2, 0) is 0 Å². The van der Waals surface area contributed by atoms with Crippen LogP contribution in [-0.4, -0.2) is 9.38 Å². The first kappa shape index (κ1) is 14.5. The smallest absolute Gasteiger partial charge is 0.136 e. The molecule has 0 aliphatic rings. The zero-order chi connectivity index (χ0) is 16.7. The van der Waals surface area contributed by atoms with Crippen molar-refractivity contribution in [3.63, 3.8) is 0 Å². The molecule has 0 saturated heterocycles. The van der Waals surface area contributed by atoms with E-state index in [0.29, 0.717) is 22.0 Å². The summed E-state index contributed by atoms with van der Waals surface area (Å²) in [4.78, 5) is 3.29. The Morgan fingerprint density at radius 3 is 2.58 bits per heavy atom. The van der Waals surface area contributed by atoms with Crippen LogP contribution in [0.4, 0.5) is 11.4 Å². The second kappa shape index (κ2) is 5.52. The van der Waals surface area contributed by atoms with Crippen molar-refractivity contribution >= 4 is 39.7 Å². The van der Waals surface area contributed by atoms with E-state index in [-0.39, 0.29) is 0 Å². The van der Waals surface area contributed by atoms with E-state index in [4.69, 9.17) is 11.6 Å². The van der Waals surface area contributed by atoms with Gasteiger partial charge in [-0.05, 0) is 43.3 Å². The molecule has 0 aliphatic carbocycles. The van der Waals surface area contributed by atoms with Crippen molar-refractivity contribution in [2.24, 2.45) is 10.2 Å². The molecular weight excluding hydrogens is 322 g/mol. The number of nitrogens with one attached hydrogen (secondary N) is 1. The number of rotatable bonds is 2. The molecule has 6 heteroatoms. The maximum atomic E-state index is 9.59. The molecule has 5 nitrogen and oxygen atoms in total. The third kappa shape index (κ3) is 2.16. The van der Waals surface area contributed by atoms with Crippen LogP contribution in [0.5, 0.6) is 0 Å². The number of halogens is 1. The van der Waals surface area contributed by atoms with E-state index in [9.17, 15) is 5.26 Å². The van der Waals surface area contributed by atoms with Gasteiger partial charge in [-0.15, -0.1) is 5.11 Å². The molecule has 2 aromatic heterocycles. The monoisotopic (exact) mass is 333 g/mol. The van der Waals surface area contributed by atoms with E-state index < -0.39 is 0 Å². The Labute approximate surface area is 142 Å². The van der Waals surface area contributed by atoms with Crippen LogP contribution in [0.1, 0.15) is 11.3 Å². The maximum absolute atomic E-state index is 9.59. The van der Waals surface area contributed by atoms with Gasteiger partial charge in [0, 0.05) is 5.02 Å². The summed E-state index contributed by atoms with van der Waals surface area (Å²) in [5.41, 5.74) is 5.34. The van der Waals surface area contributed by atoms with E-state index in [2.05, 4.69) is 21.3 Å². The number of aromatic amines is 1. The first-order valence-electron chi connectivity index (χ1n) is 7.38. The van der Waals surface area contributed by atoms with Crippen molar-refractivity contribution in [2.75, 3.05) is 0 Å². The van der Waals surface area contributed by atoms with Gasteiger partial charge in [0.15, 0.2) is 0 Å². The molecule has 2 aromatic carbocycles. The molecule has 0 atom stereocenters. The Morgan fingerprint density at radius 1 is 1.08 bits per heavy atom. The first-order valence-corrected chi connectivity index (χ1v) is 7.76. The largest absolute Gasteiger partial charge is 0.338 e. The topological polar surface area (TPSA) is 68.7 Å². The fourth-order valence-electron chi connectivity index (χ4n) is 2.84. The SMILES string of the molecule is Cc1c(N=Nc2ccc(Cl)cc2)c(C#N)c2[nH]c3ccccc3n12. The lowest BCUT2D eigenvalue weighted by Gasteiger charge is -1.96. The average molecular weight is 334 g/mol. The Bertz CT molecular complexity index is 1130. The van der Waals surface area contributed by atoms with Gasteiger partial charge >= 0.3 is 0 Å². The van der Waals surface area contributed by atoms with Gasteiger partial charge in [0.1, 0.15) is 23.0 Å². The maximum Gasteiger partial charge on any atom is 0.136 e. The number of nitriles is 1. The van der Waals surface area contributed by atoms with Gasteiger partial charge in [0.05, 0.1) is 22.4 Å². The van der Waals surface area contributed by atoms with Crippen molar-refractivity contribution < 1.29 is 0 Å². The van der Waals surface area contributed by atoms with Gasteiger partial charge in [0.2, 0.25) is 0 Å². The number of H-pyrrole nitrogens is 1. The predicted molar refractivity (Wildman–Crippen MR) is 94.3 cm³/mol. The number of hydrogen-bond acceptors (Lipinski definition) is 3. The van der Waals surface area contributed by atoms with Crippen LogP contribution in [0.3, 0.4) is 0 Å². The summed E-state index contributed by atoms with van der Waals surface area (Å²) in [7, 11) is 0. The molecule has 0 bridgehead atoms. The number of nitrogens with zero attached hydrogens (tertiary/aromatic N) is 4. The molecule has 0 aliphatic heterocycles. The highest BCUT2D eigenvalue weighted by molar-refractivity contribution is 6.30. The lowest BCUT2D eigenvalue weighted by molar-refractivity contribution is 1.14. The van der Waals surface area contributed by atoms with Gasteiger partial charge in [-0.25, -0.2) is 0 Å². The highest BCUT2D eigenvalue weighted by Crippen LogP contribution is 2.34. The molecule has 0 saturated carbocycles. The minimum Gasteiger partial charge on any atom is -0.338 e. The number of hydrogen-bond donors (Lipinski definition) is 1. The van der Waals surface area contributed by atoms with Crippen molar-refractivity contribution in [3.05, 3.63) is 64.8 Å². The number of azo groups is 1. The Hall–Kier alpha value is -3.10. The molecule has 0 amide bonds. The van der Waals surface area contributed by atoms with Gasteiger partial charge in [-0.3, -0.25) is 4.40 Å². The summed E-state index contributed by atoms with van der Waals surface area (Å²) in [5, 5.41) is 18.8. The quantitative estimate of drug-likeness (QED) is 0.472. The Balaban J connectivity index is 1.90. The summed E-state index contributed by atoms with van der Waals surface area (Å²) in [5.74, 6) is 0. The lowest BCUT2D eigenvalue weighted by Crippen LogP contribution is -1.82. The van der Waals surface area contributed by atoms with E-state index in [0.717, 1.165) is 22.4 Å². The molecule has 0 fully saturated rings. The van der Waals surface area contributed by atoms with Crippen molar-refractivity contribution in [3.8, 4) is 6.07 Å². The summed E-state index contributed by atoms with van der Waals surface area (Å²) in [6, 6.07) is 17.2.